The molecule has 5 nitrogen and oxygen atoms in total. The molecule has 0 fully saturated rings. The first-order valence-corrected chi connectivity index (χ1v) is 6.90. The van der Waals surface area contributed by atoms with Crippen LogP contribution in [0.5, 0.6) is 11.5 Å². The van der Waals surface area contributed by atoms with Gasteiger partial charge in [0.15, 0.2) is 11.5 Å². The van der Waals surface area contributed by atoms with Crippen LogP contribution in [0.25, 0.3) is 0 Å². The molecular formula is C16H15FN2O3. The van der Waals surface area contributed by atoms with E-state index in [1.54, 1.807) is 12.1 Å². The number of rotatable bonds is 5. The van der Waals surface area contributed by atoms with Gasteiger partial charge in [0.1, 0.15) is 5.82 Å². The summed E-state index contributed by atoms with van der Waals surface area (Å²) in [5.41, 5.74) is 1.30. The van der Waals surface area contributed by atoms with Gasteiger partial charge in [0.05, 0.1) is 0 Å². The number of carbonyl (C=O) groups excluding carboxylic acids is 1. The Morgan fingerprint density at radius 2 is 1.95 bits per heavy atom. The van der Waals surface area contributed by atoms with Gasteiger partial charge in [-0.15, -0.1) is 0 Å². The fourth-order valence-electron chi connectivity index (χ4n) is 2.12. The van der Waals surface area contributed by atoms with Crippen molar-refractivity contribution in [3.63, 3.8) is 0 Å². The number of benzene rings is 2. The molecule has 1 aliphatic rings. The molecule has 0 aromatic heterocycles. The number of halogens is 1. The van der Waals surface area contributed by atoms with Gasteiger partial charge in [-0.1, -0.05) is 6.07 Å². The summed E-state index contributed by atoms with van der Waals surface area (Å²) in [6, 6.07) is 11.3. The number of fused-ring (bicyclic) bond motifs is 1. The fourth-order valence-corrected chi connectivity index (χ4v) is 2.12. The van der Waals surface area contributed by atoms with Crippen molar-refractivity contribution < 1.29 is 18.7 Å². The number of hydrogen-bond acceptors (Lipinski definition) is 4. The molecule has 1 aliphatic heterocycles. The van der Waals surface area contributed by atoms with E-state index in [0.29, 0.717) is 18.0 Å². The minimum absolute atomic E-state index is 0.182. The van der Waals surface area contributed by atoms with Crippen LogP contribution in [-0.2, 0) is 4.79 Å². The van der Waals surface area contributed by atoms with E-state index >= 15 is 0 Å². The van der Waals surface area contributed by atoms with Crippen molar-refractivity contribution in [3.05, 3.63) is 48.3 Å². The lowest BCUT2D eigenvalue weighted by molar-refractivity contribution is -0.115. The predicted octanol–water partition coefficient (Wildman–Crippen LogP) is 3.00. The predicted molar refractivity (Wildman–Crippen MR) is 80.7 cm³/mol. The molecule has 2 aromatic rings. The molecule has 0 radical (unpaired) electrons. The number of anilines is 2. The first kappa shape index (κ1) is 14.2. The highest BCUT2D eigenvalue weighted by Crippen LogP contribution is 2.34. The number of ether oxygens (including phenoxy) is 2. The summed E-state index contributed by atoms with van der Waals surface area (Å²) in [6.45, 7) is 0.690. The van der Waals surface area contributed by atoms with E-state index in [1.165, 1.54) is 12.1 Å². The first-order chi connectivity index (χ1) is 10.7. The molecule has 114 valence electrons. The molecule has 22 heavy (non-hydrogen) atoms. The summed E-state index contributed by atoms with van der Waals surface area (Å²) in [4.78, 5) is 11.8. The molecule has 0 bridgehead atoms. The molecule has 0 unspecified atom stereocenters. The summed E-state index contributed by atoms with van der Waals surface area (Å²) >= 11 is 0. The average Bonchev–Trinajstić information content (AvgIpc) is 2.95. The van der Waals surface area contributed by atoms with Gasteiger partial charge in [-0.25, -0.2) is 4.39 Å². The van der Waals surface area contributed by atoms with E-state index in [1.807, 2.05) is 18.2 Å². The maximum Gasteiger partial charge on any atom is 0.231 e. The Balaban J connectivity index is 1.47. The van der Waals surface area contributed by atoms with Crippen LogP contribution in [-0.4, -0.2) is 19.2 Å². The lowest BCUT2D eigenvalue weighted by atomic mass is 10.2. The van der Waals surface area contributed by atoms with Gasteiger partial charge in [0.2, 0.25) is 12.7 Å². The summed E-state index contributed by atoms with van der Waals surface area (Å²) in [5.74, 6) is 0.846. The third kappa shape index (κ3) is 3.46. The van der Waals surface area contributed by atoms with Crippen molar-refractivity contribution in [2.45, 2.75) is 6.42 Å². The van der Waals surface area contributed by atoms with Crippen molar-refractivity contribution in [1.29, 1.82) is 0 Å². The average molecular weight is 302 g/mol. The number of amides is 1. The van der Waals surface area contributed by atoms with Gasteiger partial charge in [0, 0.05) is 30.4 Å². The zero-order chi connectivity index (χ0) is 15.4. The number of hydrogen-bond donors (Lipinski definition) is 2. The van der Waals surface area contributed by atoms with Crippen LogP contribution in [0.4, 0.5) is 15.8 Å². The lowest BCUT2D eigenvalue weighted by Gasteiger charge is -2.08. The fraction of sp³-hybridized carbons (Fsp3) is 0.188. The molecule has 1 amide bonds. The second-order valence-electron chi connectivity index (χ2n) is 4.80. The van der Waals surface area contributed by atoms with E-state index in [0.717, 1.165) is 11.4 Å². The summed E-state index contributed by atoms with van der Waals surface area (Å²) in [6.07, 6.45) is 0.269. The second-order valence-corrected chi connectivity index (χ2v) is 4.80. The minimum atomic E-state index is -0.378. The molecule has 0 saturated heterocycles. The van der Waals surface area contributed by atoms with E-state index in [-0.39, 0.29) is 24.9 Å². The van der Waals surface area contributed by atoms with E-state index in [4.69, 9.17) is 9.47 Å². The molecular weight excluding hydrogens is 287 g/mol. The van der Waals surface area contributed by atoms with Gasteiger partial charge < -0.3 is 20.1 Å². The van der Waals surface area contributed by atoms with Crippen molar-refractivity contribution in [3.8, 4) is 11.5 Å². The van der Waals surface area contributed by atoms with E-state index in [2.05, 4.69) is 10.6 Å². The Morgan fingerprint density at radius 1 is 1.09 bits per heavy atom. The van der Waals surface area contributed by atoms with E-state index in [9.17, 15) is 9.18 Å². The van der Waals surface area contributed by atoms with Gasteiger partial charge in [-0.3, -0.25) is 4.79 Å². The van der Waals surface area contributed by atoms with Crippen LogP contribution in [0.2, 0.25) is 0 Å². The quantitative estimate of drug-likeness (QED) is 0.891. The molecule has 2 aromatic carbocycles. The molecule has 0 saturated carbocycles. The van der Waals surface area contributed by atoms with Crippen molar-refractivity contribution in [2.75, 3.05) is 24.0 Å². The Labute approximate surface area is 127 Å². The molecule has 0 atom stereocenters. The highest BCUT2D eigenvalue weighted by Gasteiger charge is 2.13. The second kappa shape index (κ2) is 6.34. The van der Waals surface area contributed by atoms with Crippen LogP contribution in [0.1, 0.15) is 6.42 Å². The van der Waals surface area contributed by atoms with E-state index < -0.39 is 0 Å². The zero-order valence-electron chi connectivity index (χ0n) is 11.8. The SMILES string of the molecule is O=C(CCNc1ccc2c(c1)OCO2)Nc1cccc(F)c1. The Morgan fingerprint density at radius 3 is 2.82 bits per heavy atom. The maximum absolute atomic E-state index is 13.0. The highest BCUT2D eigenvalue weighted by atomic mass is 19.1. The Kier molecular flexibility index (Phi) is 4.09. The van der Waals surface area contributed by atoms with Gasteiger partial charge in [0.25, 0.3) is 0 Å². The summed E-state index contributed by atoms with van der Waals surface area (Å²) in [7, 11) is 0. The molecule has 1 heterocycles. The van der Waals surface area contributed by atoms with Crippen molar-refractivity contribution in [1.82, 2.24) is 0 Å². The Hall–Kier alpha value is -2.76. The van der Waals surface area contributed by atoms with Gasteiger partial charge >= 0.3 is 0 Å². The van der Waals surface area contributed by atoms with Crippen LogP contribution >= 0.6 is 0 Å². The molecule has 2 N–H and O–H groups in total. The third-order valence-electron chi connectivity index (χ3n) is 3.16. The monoisotopic (exact) mass is 302 g/mol. The largest absolute Gasteiger partial charge is 0.454 e. The van der Waals surface area contributed by atoms with Crippen molar-refractivity contribution in [2.24, 2.45) is 0 Å². The lowest BCUT2D eigenvalue weighted by Crippen LogP contribution is -2.16. The first-order valence-electron chi connectivity index (χ1n) is 6.90. The number of nitrogens with one attached hydrogen (secondary N) is 2. The van der Waals surface area contributed by atoms with Gasteiger partial charge in [-0.2, -0.15) is 0 Å². The van der Waals surface area contributed by atoms with Crippen LogP contribution in [0.3, 0.4) is 0 Å². The molecule has 0 aliphatic carbocycles. The molecule has 3 rings (SSSR count). The number of carbonyl (C=O) groups is 1. The van der Waals surface area contributed by atoms with Crippen LogP contribution in [0, 0.1) is 5.82 Å². The highest BCUT2D eigenvalue weighted by molar-refractivity contribution is 5.90. The smallest absolute Gasteiger partial charge is 0.231 e. The van der Waals surface area contributed by atoms with Crippen LogP contribution in [0.15, 0.2) is 42.5 Å². The van der Waals surface area contributed by atoms with Crippen LogP contribution < -0.4 is 20.1 Å². The van der Waals surface area contributed by atoms with Gasteiger partial charge in [-0.05, 0) is 30.3 Å². The minimum Gasteiger partial charge on any atom is -0.454 e. The normalized spacial score (nSPS) is 12.0. The third-order valence-corrected chi connectivity index (χ3v) is 3.16. The standard InChI is InChI=1S/C16H15FN2O3/c17-11-2-1-3-13(8-11)19-16(20)6-7-18-12-4-5-14-15(9-12)22-10-21-14/h1-5,8-9,18H,6-7,10H2,(H,19,20). The summed E-state index contributed by atoms with van der Waals surface area (Å²) < 4.78 is 23.5. The van der Waals surface area contributed by atoms with Crippen molar-refractivity contribution >= 4 is 17.3 Å². The summed E-state index contributed by atoms with van der Waals surface area (Å²) in [5, 5.41) is 5.78. The maximum atomic E-state index is 13.0. The Bertz CT molecular complexity index is 691. The molecule has 6 heteroatoms. The topological polar surface area (TPSA) is 59.6 Å². The molecule has 0 spiro atoms. The zero-order valence-corrected chi connectivity index (χ0v) is 11.8.